The molecule has 0 aliphatic rings. The summed E-state index contributed by atoms with van der Waals surface area (Å²) in [4.78, 5) is 0. The van der Waals surface area contributed by atoms with E-state index in [1.165, 1.54) is 6.20 Å². The molecule has 0 atom stereocenters. The SMILES string of the molecule is On1ccccc1=S.[Fe+3]. The summed E-state index contributed by atoms with van der Waals surface area (Å²) in [7, 11) is 0. The summed E-state index contributed by atoms with van der Waals surface area (Å²) in [6.07, 6.45) is 1.49. The minimum absolute atomic E-state index is 0. The van der Waals surface area contributed by atoms with Crippen LogP contribution >= 0.6 is 12.2 Å². The summed E-state index contributed by atoms with van der Waals surface area (Å²) in [6, 6.07) is 5.13. The molecule has 0 saturated carbocycles. The van der Waals surface area contributed by atoms with Crippen molar-refractivity contribution in [1.82, 2.24) is 4.73 Å². The third-order valence-electron chi connectivity index (χ3n) is 0.803. The molecule has 1 aromatic heterocycles. The third kappa shape index (κ3) is 2.18. The van der Waals surface area contributed by atoms with Gasteiger partial charge in [-0.2, -0.15) is 4.73 Å². The van der Waals surface area contributed by atoms with Crippen LogP contribution in [0.4, 0.5) is 0 Å². The fourth-order valence-electron chi connectivity index (χ4n) is 0.419. The van der Waals surface area contributed by atoms with Crippen LogP contribution in [0.2, 0.25) is 0 Å². The van der Waals surface area contributed by atoms with Gasteiger partial charge >= 0.3 is 17.1 Å². The van der Waals surface area contributed by atoms with Crippen LogP contribution in [0.5, 0.6) is 0 Å². The molecular formula is C5H5FeNOS+3. The van der Waals surface area contributed by atoms with E-state index in [-0.39, 0.29) is 17.1 Å². The number of aromatic nitrogens is 1. The van der Waals surface area contributed by atoms with Gasteiger partial charge in [0, 0.05) is 6.20 Å². The molecule has 4 heteroatoms. The quantitative estimate of drug-likeness (QED) is 0.374. The first-order chi connectivity index (χ1) is 3.80. The van der Waals surface area contributed by atoms with Crippen molar-refractivity contribution in [3.8, 4) is 0 Å². The molecule has 1 rings (SSSR count). The molecule has 0 aliphatic heterocycles. The van der Waals surface area contributed by atoms with E-state index in [1.54, 1.807) is 18.2 Å². The zero-order valence-electron chi connectivity index (χ0n) is 4.47. The monoisotopic (exact) mass is 183 g/mol. The molecule has 47 valence electrons. The van der Waals surface area contributed by atoms with Crippen molar-refractivity contribution in [2.45, 2.75) is 0 Å². The van der Waals surface area contributed by atoms with Gasteiger partial charge in [-0.15, -0.1) is 0 Å². The number of nitrogens with zero attached hydrogens (tertiary/aromatic N) is 1. The molecule has 1 radical (unpaired) electrons. The van der Waals surface area contributed by atoms with Gasteiger partial charge in [-0.05, 0) is 12.1 Å². The summed E-state index contributed by atoms with van der Waals surface area (Å²) >= 11 is 4.67. The molecule has 0 saturated heterocycles. The second kappa shape index (κ2) is 3.67. The van der Waals surface area contributed by atoms with Crippen LogP contribution < -0.4 is 0 Å². The summed E-state index contributed by atoms with van der Waals surface area (Å²) < 4.78 is 1.32. The molecule has 0 aliphatic carbocycles. The Balaban J connectivity index is 0.000000640. The molecule has 0 aromatic carbocycles. The maximum atomic E-state index is 8.73. The van der Waals surface area contributed by atoms with Crippen LogP contribution in [0.3, 0.4) is 0 Å². The van der Waals surface area contributed by atoms with E-state index in [0.29, 0.717) is 4.64 Å². The number of pyridine rings is 1. The minimum atomic E-state index is 0. The van der Waals surface area contributed by atoms with E-state index >= 15 is 0 Å². The van der Waals surface area contributed by atoms with Crippen molar-refractivity contribution in [2.75, 3.05) is 0 Å². The summed E-state index contributed by atoms with van der Waals surface area (Å²) in [5.74, 6) is 0. The van der Waals surface area contributed by atoms with Crippen molar-refractivity contribution in [1.29, 1.82) is 0 Å². The Hall–Kier alpha value is -0.311. The Morgan fingerprint density at radius 2 is 2.11 bits per heavy atom. The Morgan fingerprint density at radius 1 is 1.44 bits per heavy atom. The molecular weight excluding hydrogens is 178 g/mol. The van der Waals surface area contributed by atoms with E-state index in [9.17, 15) is 0 Å². The predicted molar refractivity (Wildman–Crippen MR) is 32.5 cm³/mol. The van der Waals surface area contributed by atoms with Crippen LogP contribution in [-0.4, -0.2) is 9.94 Å². The summed E-state index contributed by atoms with van der Waals surface area (Å²) in [5.41, 5.74) is 0. The van der Waals surface area contributed by atoms with Crippen LogP contribution in [0, 0.1) is 4.64 Å². The normalized spacial score (nSPS) is 8.00. The van der Waals surface area contributed by atoms with Crippen LogP contribution in [0.25, 0.3) is 0 Å². The Kier molecular flexibility index (Phi) is 3.54. The van der Waals surface area contributed by atoms with E-state index < -0.39 is 0 Å². The standard InChI is InChI=1S/C5H5NOS.Fe/c7-6-4-2-1-3-5(6)8;/h1-4,7H;/q;+3. The number of hydrogen-bond acceptors (Lipinski definition) is 2. The fourth-order valence-corrected chi connectivity index (χ4v) is 0.558. The summed E-state index contributed by atoms with van der Waals surface area (Å²) in [6.45, 7) is 0. The van der Waals surface area contributed by atoms with Crippen LogP contribution in [-0.2, 0) is 17.1 Å². The zero-order valence-corrected chi connectivity index (χ0v) is 6.39. The maximum Gasteiger partial charge on any atom is 3.00 e. The smallest absolute Gasteiger partial charge is 0.428 e. The third-order valence-corrected chi connectivity index (χ3v) is 1.13. The molecule has 0 fully saturated rings. The minimum Gasteiger partial charge on any atom is -0.428 e. The largest absolute Gasteiger partial charge is 3.00 e. The van der Waals surface area contributed by atoms with Gasteiger partial charge in [0.1, 0.15) is 4.64 Å². The van der Waals surface area contributed by atoms with Crippen LogP contribution in [0.15, 0.2) is 24.4 Å². The Morgan fingerprint density at radius 3 is 2.44 bits per heavy atom. The van der Waals surface area contributed by atoms with Gasteiger partial charge in [0.05, 0.1) is 0 Å². The van der Waals surface area contributed by atoms with Gasteiger partial charge in [0.15, 0.2) is 0 Å². The Labute approximate surface area is 68.6 Å². The van der Waals surface area contributed by atoms with Crippen molar-refractivity contribution in [3.63, 3.8) is 0 Å². The van der Waals surface area contributed by atoms with Crippen molar-refractivity contribution < 1.29 is 22.3 Å². The number of hydrogen-bond donors (Lipinski definition) is 1. The van der Waals surface area contributed by atoms with Gasteiger partial charge in [-0.3, -0.25) is 0 Å². The second-order valence-corrected chi connectivity index (χ2v) is 1.80. The van der Waals surface area contributed by atoms with E-state index in [0.717, 1.165) is 4.73 Å². The molecule has 0 bridgehead atoms. The van der Waals surface area contributed by atoms with Gasteiger partial charge in [0.25, 0.3) is 0 Å². The predicted octanol–water partition coefficient (Wildman–Crippen LogP) is 1.45. The molecule has 1 aromatic rings. The molecule has 2 nitrogen and oxygen atoms in total. The summed E-state index contributed by atoms with van der Waals surface area (Å²) in [5, 5.41) is 8.73. The first-order valence-corrected chi connectivity index (χ1v) is 2.58. The first kappa shape index (κ1) is 8.69. The molecule has 0 spiro atoms. The molecule has 0 unspecified atom stereocenters. The Bertz CT molecular complexity index is 234. The fraction of sp³-hybridized carbons (Fsp3) is 0. The van der Waals surface area contributed by atoms with Crippen molar-refractivity contribution >= 4 is 12.2 Å². The topological polar surface area (TPSA) is 25.2 Å². The molecule has 0 amide bonds. The van der Waals surface area contributed by atoms with Crippen LogP contribution in [0.1, 0.15) is 0 Å². The zero-order chi connectivity index (χ0) is 5.98. The average molecular weight is 183 g/mol. The second-order valence-electron chi connectivity index (χ2n) is 1.38. The average Bonchev–Trinajstić information content (AvgIpc) is 1.77. The molecule has 1 N–H and O–H groups in total. The number of rotatable bonds is 0. The first-order valence-electron chi connectivity index (χ1n) is 2.17. The van der Waals surface area contributed by atoms with Crippen molar-refractivity contribution in [3.05, 3.63) is 29.0 Å². The maximum absolute atomic E-state index is 8.73. The van der Waals surface area contributed by atoms with Gasteiger partial charge in [-0.25, -0.2) is 0 Å². The van der Waals surface area contributed by atoms with Gasteiger partial charge in [0.2, 0.25) is 0 Å². The van der Waals surface area contributed by atoms with Crippen molar-refractivity contribution in [2.24, 2.45) is 0 Å². The van der Waals surface area contributed by atoms with E-state index in [4.69, 9.17) is 5.21 Å². The molecule has 9 heavy (non-hydrogen) atoms. The van der Waals surface area contributed by atoms with Gasteiger partial charge < -0.3 is 5.21 Å². The van der Waals surface area contributed by atoms with E-state index in [2.05, 4.69) is 12.2 Å². The van der Waals surface area contributed by atoms with Gasteiger partial charge in [-0.1, -0.05) is 18.3 Å². The van der Waals surface area contributed by atoms with E-state index in [1.807, 2.05) is 0 Å². The molecule has 1 heterocycles.